The first-order chi connectivity index (χ1) is 8.70. The van der Waals surface area contributed by atoms with Crippen LogP contribution in [0, 0.1) is 10.1 Å². The monoisotopic (exact) mass is 245 g/mol. The van der Waals surface area contributed by atoms with E-state index in [9.17, 15) is 10.1 Å². The second-order valence-corrected chi connectivity index (χ2v) is 3.44. The molecule has 0 saturated carbocycles. The number of nitrogens with zero attached hydrogens (tertiary/aromatic N) is 3. The van der Waals surface area contributed by atoms with Crippen molar-refractivity contribution in [3.05, 3.63) is 46.8 Å². The highest BCUT2D eigenvalue weighted by Gasteiger charge is 2.12. The summed E-state index contributed by atoms with van der Waals surface area (Å²) in [6.07, 6.45) is 1.38. The van der Waals surface area contributed by atoms with E-state index in [1.165, 1.54) is 12.4 Å². The van der Waals surface area contributed by atoms with Crippen LogP contribution in [0.25, 0.3) is 0 Å². The van der Waals surface area contributed by atoms with Crippen molar-refractivity contribution in [2.45, 2.75) is 0 Å². The Kier molecular flexibility index (Phi) is 3.33. The first kappa shape index (κ1) is 11.8. The number of anilines is 3. The van der Waals surface area contributed by atoms with Gasteiger partial charge in [-0.3, -0.25) is 10.1 Å². The number of para-hydroxylation sites is 2. The molecule has 0 radical (unpaired) electrons. The third-order valence-corrected chi connectivity index (χ3v) is 2.29. The zero-order chi connectivity index (χ0) is 13.0. The van der Waals surface area contributed by atoms with Crippen molar-refractivity contribution in [2.75, 3.05) is 17.7 Å². The van der Waals surface area contributed by atoms with E-state index in [1.54, 1.807) is 31.3 Å². The Labute approximate surface area is 103 Å². The molecule has 0 bridgehead atoms. The van der Waals surface area contributed by atoms with Gasteiger partial charge in [0.05, 0.1) is 4.92 Å². The summed E-state index contributed by atoms with van der Waals surface area (Å²) in [5, 5.41) is 16.6. The van der Waals surface area contributed by atoms with Crippen LogP contribution >= 0.6 is 0 Å². The highest BCUT2D eigenvalue weighted by molar-refractivity contribution is 5.68. The summed E-state index contributed by atoms with van der Waals surface area (Å²) in [6.45, 7) is 0. The van der Waals surface area contributed by atoms with Gasteiger partial charge in [0.25, 0.3) is 5.69 Å². The molecule has 0 atom stereocenters. The van der Waals surface area contributed by atoms with E-state index in [0.29, 0.717) is 17.3 Å². The molecule has 1 aromatic carbocycles. The lowest BCUT2D eigenvalue weighted by Crippen LogP contribution is -2.00. The highest BCUT2D eigenvalue weighted by Crippen LogP contribution is 2.26. The van der Waals surface area contributed by atoms with Gasteiger partial charge in [-0.05, 0) is 6.07 Å². The van der Waals surface area contributed by atoms with Crippen LogP contribution in [0.3, 0.4) is 0 Å². The summed E-state index contributed by atoms with van der Waals surface area (Å²) in [5.41, 5.74) is 0.394. The molecule has 0 aliphatic carbocycles. The maximum absolute atomic E-state index is 10.9. The summed E-state index contributed by atoms with van der Waals surface area (Å²) < 4.78 is 0. The van der Waals surface area contributed by atoms with Gasteiger partial charge < -0.3 is 10.6 Å². The molecule has 0 aliphatic heterocycles. The van der Waals surface area contributed by atoms with Crippen LogP contribution in [0.15, 0.2) is 36.7 Å². The lowest BCUT2D eigenvalue weighted by Gasteiger charge is -2.06. The van der Waals surface area contributed by atoms with Crippen LogP contribution in [0.5, 0.6) is 0 Å². The Hall–Kier alpha value is -2.70. The molecule has 0 unspecified atom stereocenters. The number of hydrogen-bond acceptors (Lipinski definition) is 6. The maximum Gasteiger partial charge on any atom is 0.292 e. The van der Waals surface area contributed by atoms with E-state index in [-0.39, 0.29) is 5.69 Å². The normalized spacial score (nSPS) is 9.83. The van der Waals surface area contributed by atoms with E-state index >= 15 is 0 Å². The number of nitrogens with one attached hydrogen (secondary N) is 2. The fraction of sp³-hybridized carbons (Fsp3) is 0.0909. The zero-order valence-corrected chi connectivity index (χ0v) is 9.62. The molecular weight excluding hydrogens is 234 g/mol. The number of rotatable bonds is 4. The van der Waals surface area contributed by atoms with Crippen molar-refractivity contribution in [3.63, 3.8) is 0 Å². The molecule has 7 heteroatoms. The average molecular weight is 245 g/mol. The smallest absolute Gasteiger partial charge is 0.292 e. The standard InChI is InChI=1S/C11H11N5O2/c1-12-10-6-11(14-7-13-10)15-8-4-2-3-5-9(8)16(17)18/h2-7H,1H3,(H2,12,13,14,15). The summed E-state index contributed by atoms with van der Waals surface area (Å²) in [4.78, 5) is 18.4. The van der Waals surface area contributed by atoms with E-state index in [2.05, 4.69) is 20.6 Å². The number of benzene rings is 1. The number of aromatic nitrogens is 2. The zero-order valence-electron chi connectivity index (χ0n) is 9.62. The highest BCUT2D eigenvalue weighted by atomic mass is 16.6. The van der Waals surface area contributed by atoms with Crippen molar-refractivity contribution in [2.24, 2.45) is 0 Å². The van der Waals surface area contributed by atoms with Crippen LogP contribution in [0.2, 0.25) is 0 Å². The topological polar surface area (TPSA) is 93.0 Å². The van der Waals surface area contributed by atoms with E-state index in [4.69, 9.17) is 0 Å². The molecule has 7 nitrogen and oxygen atoms in total. The van der Waals surface area contributed by atoms with Crippen LogP contribution in [0.4, 0.5) is 23.0 Å². The van der Waals surface area contributed by atoms with Crippen molar-refractivity contribution >= 4 is 23.0 Å². The van der Waals surface area contributed by atoms with E-state index in [1.807, 2.05) is 0 Å². The SMILES string of the molecule is CNc1cc(Nc2ccccc2[N+](=O)[O-])ncn1. The molecule has 0 fully saturated rings. The Morgan fingerprint density at radius 2 is 1.94 bits per heavy atom. The lowest BCUT2D eigenvalue weighted by atomic mass is 10.2. The first-order valence-corrected chi connectivity index (χ1v) is 5.21. The lowest BCUT2D eigenvalue weighted by molar-refractivity contribution is -0.383. The van der Waals surface area contributed by atoms with Gasteiger partial charge in [-0.2, -0.15) is 0 Å². The minimum Gasteiger partial charge on any atom is -0.373 e. The molecule has 1 aromatic heterocycles. The van der Waals surface area contributed by atoms with Gasteiger partial charge in [0, 0.05) is 19.2 Å². The minimum absolute atomic E-state index is 0.00196. The Morgan fingerprint density at radius 3 is 2.67 bits per heavy atom. The quantitative estimate of drug-likeness (QED) is 0.633. The van der Waals surface area contributed by atoms with Gasteiger partial charge in [0.1, 0.15) is 23.7 Å². The van der Waals surface area contributed by atoms with Crippen LogP contribution < -0.4 is 10.6 Å². The van der Waals surface area contributed by atoms with E-state index < -0.39 is 4.92 Å². The maximum atomic E-state index is 10.9. The third kappa shape index (κ3) is 2.51. The molecule has 2 N–H and O–H groups in total. The van der Waals surface area contributed by atoms with Gasteiger partial charge in [-0.1, -0.05) is 12.1 Å². The molecule has 92 valence electrons. The molecule has 18 heavy (non-hydrogen) atoms. The van der Waals surface area contributed by atoms with Gasteiger partial charge in [-0.25, -0.2) is 9.97 Å². The van der Waals surface area contributed by atoms with Gasteiger partial charge in [-0.15, -0.1) is 0 Å². The van der Waals surface area contributed by atoms with Crippen molar-refractivity contribution < 1.29 is 4.92 Å². The van der Waals surface area contributed by atoms with Gasteiger partial charge >= 0.3 is 0 Å². The first-order valence-electron chi connectivity index (χ1n) is 5.21. The molecular formula is C11H11N5O2. The second kappa shape index (κ2) is 5.09. The number of nitro groups is 1. The summed E-state index contributed by atoms with van der Waals surface area (Å²) in [5.74, 6) is 1.12. The Morgan fingerprint density at radius 1 is 1.22 bits per heavy atom. The Balaban J connectivity index is 2.31. The predicted molar refractivity (Wildman–Crippen MR) is 68.0 cm³/mol. The summed E-state index contributed by atoms with van der Waals surface area (Å²) >= 11 is 0. The summed E-state index contributed by atoms with van der Waals surface area (Å²) in [6, 6.07) is 8.05. The molecule has 0 amide bonds. The van der Waals surface area contributed by atoms with Crippen molar-refractivity contribution in [1.29, 1.82) is 0 Å². The predicted octanol–water partition coefficient (Wildman–Crippen LogP) is 2.17. The van der Waals surface area contributed by atoms with E-state index in [0.717, 1.165) is 0 Å². The van der Waals surface area contributed by atoms with Crippen LogP contribution in [-0.2, 0) is 0 Å². The summed E-state index contributed by atoms with van der Waals surface area (Å²) in [7, 11) is 1.73. The molecule has 2 aromatic rings. The molecule has 0 saturated heterocycles. The second-order valence-electron chi connectivity index (χ2n) is 3.44. The van der Waals surface area contributed by atoms with Crippen LogP contribution in [-0.4, -0.2) is 21.9 Å². The molecule has 0 aliphatic rings. The van der Waals surface area contributed by atoms with Crippen molar-refractivity contribution in [1.82, 2.24) is 9.97 Å². The number of nitro benzene ring substituents is 1. The number of hydrogen-bond donors (Lipinski definition) is 2. The van der Waals surface area contributed by atoms with Crippen LogP contribution in [0.1, 0.15) is 0 Å². The fourth-order valence-electron chi connectivity index (χ4n) is 1.44. The molecule has 0 spiro atoms. The average Bonchev–Trinajstić information content (AvgIpc) is 2.39. The largest absolute Gasteiger partial charge is 0.373 e. The van der Waals surface area contributed by atoms with Gasteiger partial charge in [0.2, 0.25) is 0 Å². The molecule has 1 heterocycles. The fourth-order valence-corrected chi connectivity index (χ4v) is 1.44. The third-order valence-electron chi connectivity index (χ3n) is 2.29. The molecule has 2 rings (SSSR count). The van der Waals surface area contributed by atoms with Crippen molar-refractivity contribution in [3.8, 4) is 0 Å². The Bertz CT molecular complexity index is 573. The minimum atomic E-state index is -0.442. The van der Waals surface area contributed by atoms with Gasteiger partial charge in [0.15, 0.2) is 0 Å².